The number of carbonyl (C=O) groups excluding carboxylic acids is 1. The van der Waals surface area contributed by atoms with Crippen LogP contribution in [0.4, 0.5) is 0 Å². The van der Waals surface area contributed by atoms with E-state index in [-0.39, 0.29) is 11.9 Å². The highest BCUT2D eigenvalue weighted by Gasteiger charge is 2.28. The lowest BCUT2D eigenvalue weighted by Gasteiger charge is -2.15. The van der Waals surface area contributed by atoms with Crippen molar-refractivity contribution in [3.05, 3.63) is 0 Å². The van der Waals surface area contributed by atoms with Crippen molar-refractivity contribution in [1.82, 2.24) is 5.32 Å². The molecule has 2 unspecified atom stereocenters. The molecule has 0 aromatic carbocycles. The summed E-state index contributed by atoms with van der Waals surface area (Å²) in [4.78, 5) is 11.5. The molecule has 1 aliphatic rings. The van der Waals surface area contributed by atoms with E-state index in [0.29, 0.717) is 12.5 Å². The molecule has 0 aliphatic heterocycles. The van der Waals surface area contributed by atoms with E-state index in [1.807, 2.05) is 0 Å². The molecule has 0 heterocycles. The smallest absolute Gasteiger partial charge is 0.221 e. The van der Waals surface area contributed by atoms with Crippen molar-refractivity contribution in [3.8, 4) is 0 Å². The quantitative estimate of drug-likeness (QED) is 0.678. The van der Waals surface area contributed by atoms with E-state index in [9.17, 15) is 4.79 Å². The molecular formula is C11H22N2O. The summed E-state index contributed by atoms with van der Waals surface area (Å²) >= 11 is 0. The number of nitrogens with one attached hydrogen (secondary N) is 1. The first-order valence-corrected chi connectivity index (χ1v) is 5.68. The van der Waals surface area contributed by atoms with Crippen molar-refractivity contribution in [2.45, 2.75) is 58.0 Å². The van der Waals surface area contributed by atoms with Crippen LogP contribution in [0.25, 0.3) is 0 Å². The lowest BCUT2D eigenvalue weighted by atomic mass is 10.1. The molecule has 0 spiro atoms. The highest BCUT2D eigenvalue weighted by atomic mass is 16.1. The number of rotatable bonds is 6. The fourth-order valence-electron chi connectivity index (χ4n) is 1.74. The molecule has 3 heteroatoms. The Balaban J connectivity index is 2.13. The molecule has 0 saturated heterocycles. The minimum absolute atomic E-state index is 0.0337. The maximum Gasteiger partial charge on any atom is 0.221 e. The normalized spacial score (nSPS) is 20.2. The molecule has 1 saturated carbocycles. The van der Waals surface area contributed by atoms with E-state index in [1.54, 1.807) is 0 Å². The molecule has 0 radical (unpaired) electrons. The zero-order valence-corrected chi connectivity index (χ0v) is 9.25. The fraction of sp³-hybridized carbons (Fsp3) is 0.909. The number of hydrogen-bond acceptors (Lipinski definition) is 2. The summed E-state index contributed by atoms with van der Waals surface area (Å²) < 4.78 is 0. The molecular weight excluding hydrogens is 176 g/mol. The summed E-state index contributed by atoms with van der Waals surface area (Å²) in [6, 6.07) is 0.378. The van der Waals surface area contributed by atoms with E-state index in [1.165, 1.54) is 12.8 Å². The van der Waals surface area contributed by atoms with Crippen LogP contribution < -0.4 is 11.1 Å². The summed E-state index contributed by atoms with van der Waals surface area (Å²) in [6.45, 7) is 4.17. The van der Waals surface area contributed by atoms with Crippen molar-refractivity contribution in [1.29, 1.82) is 0 Å². The van der Waals surface area contributed by atoms with Gasteiger partial charge in [0.1, 0.15) is 0 Å². The second-order valence-electron chi connectivity index (χ2n) is 4.45. The van der Waals surface area contributed by atoms with Gasteiger partial charge in [-0.05, 0) is 32.1 Å². The van der Waals surface area contributed by atoms with E-state index in [0.717, 1.165) is 18.8 Å². The molecule has 14 heavy (non-hydrogen) atoms. The average Bonchev–Trinajstić information content (AvgIpc) is 2.85. The molecule has 82 valence electrons. The van der Waals surface area contributed by atoms with E-state index >= 15 is 0 Å². The summed E-state index contributed by atoms with van der Waals surface area (Å²) in [7, 11) is 0. The SMILES string of the molecule is CCCC(N)CC(=O)NC(C)C1CC1. The lowest BCUT2D eigenvalue weighted by Crippen LogP contribution is -2.37. The minimum Gasteiger partial charge on any atom is -0.353 e. The molecule has 1 aliphatic carbocycles. The summed E-state index contributed by atoms with van der Waals surface area (Å²) in [5.74, 6) is 0.840. The third-order valence-corrected chi connectivity index (χ3v) is 2.82. The maximum atomic E-state index is 11.5. The number of nitrogens with two attached hydrogens (primary N) is 1. The molecule has 0 aromatic heterocycles. The topological polar surface area (TPSA) is 55.1 Å². The van der Waals surface area contributed by atoms with Gasteiger partial charge in [-0.15, -0.1) is 0 Å². The van der Waals surface area contributed by atoms with Gasteiger partial charge in [0.05, 0.1) is 0 Å². The van der Waals surface area contributed by atoms with E-state index < -0.39 is 0 Å². The largest absolute Gasteiger partial charge is 0.353 e. The van der Waals surface area contributed by atoms with Gasteiger partial charge in [0.2, 0.25) is 5.91 Å². The van der Waals surface area contributed by atoms with Crippen LogP contribution in [0.1, 0.15) is 46.0 Å². The molecule has 0 aromatic rings. The van der Waals surface area contributed by atoms with Crippen LogP contribution in [0, 0.1) is 5.92 Å². The van der Waals surface area contributed by atoms with Crippen LogP contribution >= 0.6 is 0 Å². The monoisotopic (exact) mass is 198 g/mol. The first-order chi connectivity index (χ1) is 6.63. The molecule has 3 nitrogen and oxygen atoms in total. The van der Waals surface area contributed by atoms with Crippen LogP contribution in [0.15, 0.2) is 0 Å². The standard InChI is InChI=1S/C11H22N2O/c1-3-4-10(12)7-11(14)13-8(2)9-5-6-9/h8-10H,3-7,12H2,1-2H3,(H,13,14). The Kier molecular flexibility index (Phi) is 4.39. The average molecular weight is 198 g/mol. The first-order valence-electron chi connectivity index (χ1n) is 5.68. The Labute approximate surface area is 86.4 Å². The zero-order chi connectivity index (χ0) is 10.6. The second kappa shape index (κ2) is 5.35. The molecule has 0 bridgehead atoms. The van der Waals surface area contributed by atoms with Gasteiger partial charge in [-0.1, -0.05) is 13.3 Å². The first kappa shape index (κ1) is 11.5. The molecule has 1 fully saturated rings. The third kappa shape index (κ3) is 4.09. The summed E-state index contributed by atoms with van der Waals surface area (Å²) in [5, 5.41) is 3.01. The van der Waals surface area contributed by atoms with Crippen LogP contribution in [-0.4, -0.2) is 18.0 Å². The Morgan fingerprint density at radius 3 is 2.71 bits per heavy atom. The van der Waals surface area contributed by atoms with Crippen LogP contribution in [0.2, 0.25) is 0 Å². The Morgan fingerprint density at radius 2 is 2.21 bits per heavy atom. The van der Waals surface area contributed by atoms with Crippen molar-refractivity contribution < 1.29 is 4.79 Å². The second-order valence-corrected chi connectivity index (χ2v) is 4.45. The van der Waals surface area contributed by atoms with Crippen LogP contribution in [0.3, 0.4) is 0 Å². The van der Waals surface area contributed by atoms with Gasteiger partial charge in [-0.25, -0.2) is 0 Å². The van der Waals surface area contributed by atoms with Gasteiger partial charge >= 0.3 is 0 Å². The number of hydrogen-bond donors (Lipinski definition) is 2. The molecule has 3 N–H and O–H groups in total. The number of amides is 1. The fourth-order valence-corrected chi connectivity index (χ4v) is 1.74. The zero-order valence-electron chi connectivity index (χ0n) is 9.25. The van der Waals surface area contributed by atoms with Gasteiger partial charge in [0.15, 0.2) is 0 Å². The lowest BCUT2D eigenvalue weighted by molar-refractivity contribution is -0.122. The Bertz CT molecular complexity index is 190. The van der Waals surface area contributed by atoms with Gasteiger partial charge in [-0.3, -0.25) is 4.79 Å². The predicted octanol–water partition coefficient (Wildman–Crippen LogP) is 1.42. The van der Waals surface area contributed by atoms with E-state index in [4.69, 9.17) is 5.73 Å². The molecule has 2 atom stereocenters. The summed E-state index contributed by atoms with van der Waals surface area (Å²) in [6.07, 6.45) is 4.99. The van der Waals surface area contributed by atoms with Crippen LogP contribution in [-0.2, 0) is 4.79 Å². The van der Waals surface area contributed by atoms with Gasteiger partial charge in [0, 0.05) is 18.5 Å². The maximum absolute atomic E-state index is 11.5. The van der Waals surface area contributed by atoms with Crippen molar-refractivity contribution >= 4 is 5.91 Å². The highest BCUT2D eigenvalue weighted by molar-refractivity contribution is 5.76. The molecule has 1 rings (SSSR count). The molecule has 1 amide bonds. The highest BCUT2D eigenvalue weighted by Crippen LogP contribution is 2.32. The number of carbonyl (C=O) groups is 1. The van der Waals surface area contributed by atoms with Gasteiger partial charge in [-0.2, -0.15) is 0 Å². The third-order valence-electron chi connectivity index (χ3n) is 2.82. The van der Waals surface area contributed by atoms with Crippen molar-refractivity contribution in [2.75, 3.05) is 0 Å². The van der Waals surface area contributed by atoms with Gasteiger partial charge in [0.25, 0.3) is 0 Å². The Hall–Kier alpha value is -0.570. The van der Waals surface area contributed by atoms with Gasteiger partial charge < -0.3 is 11.1 Å². The Morgan fingerprint density at radius 1 is 1.57 bits per heavy atom. The van der Waals surface area contributed by atoms with Crippen LogP contribution in [0.5, 0.6) is 0 Å². The predicted molar refractivity (Wildman–Crippen MR) is 57.8 cm³/mol. The van der Waals surface area contributed by atoms with Crippen molar-refractivity contribution in [3.63, 3.8) is 0 Å². The summed E-state index contributed by atoms with van der Waals surface area (Å²) in [5.41, 5.74) is 5.79. The van der Waals surface area contributed by atoms with Crippen molar-refractivity contribution in [2.24, 2.45) is 11.7 Å². The van der Waals surface area contributed by atoms with E-state index in [2.05, 4.69) is 19.2 Å². The minimum atomic E-state index is 0.0337.